The molecule has 2 heterocycles. The van der Waals surface area contributed by atoms with Crippen molar-refractivity contribution in [2.75, 3.05) is 53.4 Å². The maximum atomic E-state index is 12.7. The third-order valence-corrected chi connectivity index (χ3v) is 3.50. The number of hydrogen-bond acceptors (Lipinski definition) is 4. The Morgan fingerprint density at radius 3 is 2.55 bits per heavy atom. The van der Waals surface area contributed by atoms with Gasteiger partial charge in [0.05, 0.1) is 5.56 Å². The molecule has 1 saturated heterocycles. The molecule has 0 spiro atoms. The van der Waals surface area contributed by atoms with Crippen LogP contribution in [0.3, 0.4) is 0 Å². The first-order valence-electron chi connectivity index (χ1n) is 6.84. The smallest absolute Gasteiger partial charge is 0.255 e. The van der Waals surface area contributed by atoms with Crippen molar-refractivity contribution in [2.45, 2.75) is 0 Å². The zero-order chi connectivity index (χ0) is 14.5. The Kier molecular flexibility index (Phi) is 5.03. The average Bonchev–Trinajstić information content (AvgIpc) is 2.46. The Balaban J connectivity index is 1.84. The quantitative estimate of drug-likeness (QED) is 0.755. The Morgan fingerprint density at radius 1 is 1.30 bits per heavy atom. The lowest BCUT2D eigenvalue weighted by Crippen LogP contribution is -2.50. The highest BCUT2D eigenvalue weighted by Crippen LogP contribution is 2.08. The van der Waals surface area contributed by atoms with E-state index in [0.29, 0.717) is 18.7 Å². The van der Waals surface area contributed by atoms with Gasteiger partial charge in [-0.25, -0.2) is 4.98 Å². The fraction of sp³-hybridized carbons (Fsp3) is 0.571. The van der Waals surface area contributed by atoms with Gasteiger partial charge in [0.2, 0.25) is 5.95 Å². The number of aromatic nitrogens is 1. The van der Waals surface area contributed by atoms with Crippen molar-refractivity contribution in [1.29, 1.82) is 0 Å². The molecule has 1 aromatic rings. The van der Waals surface area contributed by atoms with Crippen LogP contribution < -0.4 is 0 Å². The van der Waals surface area contributed by atoms with Crippen LogP contribution in [0, 0.1) is 5.95 Å². The van der Waals surface area contributed by atoms with E-state index in [1.807, 2.05) is 0 Å². The van der Waals surface area contributed by atoms with Gasteiger partial charge in [-0.1, -0.05) is 0 Å². The van der Waals surface area contributed by atoms with E-state index in [1.54, 1.807) is 4.90 Å². The number of carbonyl (C=O) groups excluding carboxylic acids is 1. The lowest BCUT2D eigenvalue weighted by molar-refractivity contribution is 0.0629. The number of nitrogens with zero attached hydrogens (tertiary/aromatic N) is 4. The van der Waals surface area contributed by atoms with Gasteiger partial charge >= 0.3 is 0 Å². The van der Waals surface area contributed by atoms with E-state index in [9.17, 15) is 9.18 Å². The second-order valence-corrected chi connectivity index (χ2v) is 5.31. The summed E-state index contributed by atoms with van der Waals surface area (Å²) in [6.45, 7) is 5.23. The van der Waals surface area contributed by atoms with Gasteiger partial charge in [-0.15, -0.1) is 0 Å². The van der Waals surface area contributed by atoms with Crippen molar-refractivity contribution >= 4 is 5.91 Å². The molecule has 0 saturated carbocycles. The molecule has 6 heteroatoms. The van der Waals surface area contributed by atoms with Gasteiger partial charge in [-0.2, -0.15) is 4.39 Å². The topological polar surface area (TPSA) is 39.7 Å². The maximum Gasteiger partial charge on any atom is 0.255 e. The first-order chi connectivity index (χ1) is 9.56. The number of halogens is 1. The van der Waals surface area contributed by atoms with Crippen LogP contribution in [0.25, 0.3) is 0 Å². The van der Waals surface area contributed by atoms with Gasteiger partial charge in [0.25, 0.3) is 5.91 Å². The van der Waals surface area contributed by atoms with Crippen LogP contribution in [-0.4, -0.2) is 79.0 Å². The number of rotatable bonds is 4. The summed E-state index contributed by atoms with van der Waals surface area (Å²) in [7, 11) is 4.11. The molecule has 0 atom stereocenters. The molecular formula is C14H21FN4O. The number of carbonyl (C=O) groups is 1. The average molecular weight is 280 g/mol. The van der Waals surface area contributed by atoms with Gasteiger partial charge in [-0.3, -0.25) is 9.69 Å². The molecular weight excluding hydrogens is 259 g/mol. The molecule has 0 aliphatic carbocycles. The van der Waals surface area contributed by atoms with E-state index < -0.39 is 5.95 Å². The van der Waals surface area contributed by atoms with Gasteiger partial charge in [0.1, 0.15) is 0 Å². The third-order valence-electron chi connectivity index (χ3n) is 3.50. The van der Waals surface area contributed by atoms with E-state index >= 15 is 0 Å². The van der Waals surface area contributed by atoms with Crippen molar-refractivity contribution < 1.29 is 9.18 Å². The third kappa shape index (κ3) is 3.98. The van der Waals surface area contributed by atoms with E-state index in [-0.39, 0.29) is 5.91 Å². The van der Waals surface area contributed by atoms with Gasteiger partial charge < -0.3 is 9.80 Å². The van der Waals surface area contributed by atoms with E-state index in [2.05, 4.69) is 28.9 Å². The zero-order valence-corrected chi connectivity index (χ0v) is 12.0. The van der Waals surface area contributed by atoms with E-state index in [4.69, 9.17) is 0 Å². The molecule has 0 bridgehead atoms. The van der Waals surface area contributed by atoms with Crippen LogP contribution in [0.2, 0.25) is 0 Å². The Morgan fingerprint density at radius 2 is 2.00 bits per heavy atom. The summed E-state index contributed by atoms with van der Waals surface area (Å²) in [4.78, 5) is 22.1. The molecule has 1 fully saturated rings. The first-order valence-corrected chi connectivity index (χ1v) is 6.84. The van der Waals surface area contributed by atoms with Crippen LogP contribution >= 0.6 is 0 Å². The molecule has 1 aromatic heterocycles. The van der Waals surface area contributed by atoms with Crippen molar-refractivity contribution in [2.24, 2.45) is 0 Å². The van der Waals surface area contributed by atoms with Crippen LogP contribution in [-0.2, 0) is 0 Å². The molecule has 0 unspecified atom stereocenters. The van der Waals surface area contributed by atoms with Crippen molar-refractivity contribution in [3.05, 3.63) is 29.8 Å². The van der Waals surface area contributed by atoms with Crippen LogP contribution in [0.1, 0.15) is 10.4 Å². The summed E-state index contributed by atoms with van der Waals surface area (Å²) in [5.41, 5.74) is 0.452. The summed E-state index contributed by atoms with van der Waals surface area (Å²) in [6.07, 6.45) is 1.30. The normalized spacial score (nSPS) is 16.7. The largest absolute Gasteiger partial charge is 0.336 e. The molecule has 0 aromatic carbocycles. The number of hydrogen-bond donors (Lipinski definition) is 0. The predicted molar refractivity (Wildman–Crippen MR) is 75.1 cm³/mol. The Hall–Kier alpha value is -1.53. The van der Waals surface area contributed by atoms with Gasteiger partial charge in [-0.05, 0) is 26.2 Å². The second-order valence-electron chi connectivity index (χ2n) is 5.31. The standard InChI is InChI=1S/C14H21FN4O/c1-17(2)5-6-18-7-9-19(10-8-18)14(20)12-3-4-13(15)16-11-12/h3-4,11H,5-10H2,1-2H3. The minimum absolute atomic E-state index is 0.0650. The molecule has 0 radical (unpaired) electrons. The highest BCUT2D eigenvalue weighted by molar-refractivity contribution is 5.93. The molecule has 0 N–H and O–H groups in total. The minimum atomic E-state index is -0.560. The zero-order valence-electron chi connectivity index (χ0n) is 12.0. The Labute approximate surface area is 119 Å². The predicted octanol–water partition coefficient (Wildman–Crippen LogP) is 0.540. The molecule has 5 nitrogen and oxygen atoms in total. The number of likely N-dealkylation sites (N-methyl/N-ethyl adjacent to an activating group) is 1. The number of piperazine rings is 1. The number of amides is 1. The number of pyridine rings is 1. The summed E-state index contributed by atoms with van der Waals surface area (Å²) < 4.78 is 12.7. The molecule has 1 amide bonds. The highest BCUT2D eigenvalue weighted by Gasteiger charge is 2.22. The lowest BCUT2D eigenvalue weighted by Gasteiger charge is -2.35. The highest BCUT2D eigenvalue weighted by atomic mass is 19.1. The SMILES string of the molecule is CN(C)CCN1CCN(C(=O)c2ccc(F)nc2)CC1. The van der Waals surface area contributed by atoms with Crippen LogP contribution in [0.4, 0.5) is 4.39 Å². The van der Waals surface area contributed by atoms with Gasteiger partial charge in [0, 0.05) is 45.5 Å². The second kappa shape index (κ2) is 6.76. The lowest BCUT2D eigenvalue weighted by atomic mass is 10.2. The molecule has 20 heavy (non-hydrogen) atoms. The fourth-order valence-corrected chi connectivity index (χ4v) is 2.20. The van der Waals surface area contributed by atoms with E-state index in [1.165, 1.54) is 18.3 Å². The van der Waals surface area contributed by atoms with Crippen molar-refractivity contribution in [3.8, 4) is 0 Å². The molecule has 2 rings (SSSR count). The summed E-state index contributed by atoms with van der Waals surface area (Å²) in [5, 5.41) is 0. The van der Waals surface area contributed by atoms with Crippen LogP contribution in [0.5, 0.6) is 0 Å². The summed E-state index contributed by atoms with van der Waals surface area (Å²) in [6, 6.07) is 2.71. The molecule has 1 aliphatic heterocycles. The fourth-order valence-electron chi connectivity index (χ4n) is 2.20. The minimum Gasteiger partial charge on any atom is -0.336 e. The van der Waals surface area contributed by atoms with Crippen molar-refractivity contribution in [1.82, 2.24) is 19.7 Å². The first kappa shape index (κ1) is 14.9. The Bertz CT molecular complexity index is 441. The summed E-state index contributed by atoms with van der Waals surface area (Å²) in [5.74, 6) is -0.625. The maximum absolute atomic E-state index is 12.7. The van der Waals surface area contributed by atoms with E-state index in [0.717, 1.165) is 26.2 Å². The monoisotopic (exact) mass is 280 g/mol. The van der Waals surface area contributed by atoms with Gasteiger partial charge in [0.15, 0.2) is 0 Å². The summed E-state index contributed by atoms with van der Waals surface area (Å²) >= 11 is 0. The van der Waals surface area contributed by atoms with Crippen molar-refractivity contribution in [3.63, 3.8) is 0 Å². The molecule has 110 valence electrons. The van der Waals surface area contributed by atoms with Crippen LogP contribution in [0.15, 0.2) is 18.3 Å². The molecule has 1 aliphatic rings.